The second-order valence-corrected chi connectivity index (χ2v) is 2.74. The molecule has 0 aliphatic heterocycles. The lowest BCUT2D eigenvalue weighted by Gasteiger charge is -2.06. The van der Waals surface area contributed by atoms with E-state index in [4.69, 9.17) is 0 Å². The second kappa shape index (κ2) is 5.75. The first-order valence-electron chi connectivity index (χ1n) is 4.36. The Morgan fingerprint density at radius 3 is 2.64 bits per heavy atom. The summed E-state index contributed by atoms with van der Waals surface area (Å²) in [4.78, 5) is 21.0. The van der Waals surface area contributed by atoms with Crippen molar-refractivity contribution >= 4 is 17.9 Å². The smallest absolute Gasteiger partial charge is 0.238 e. The van der Waals surface area contributed by atoms with E-state index in [1.807, 2.05) is 30.3 Å². The van der Waals surface area contributed by atoms with Gasteiger partial charge >= 0.3 is 0 Å². The number of carbonyl (C=O) groups excluding carboxylic acids is 2. The zero-order valence-electron chi connectivity index (χ0n) is 7.69. The molecular weight excluding hydrogens is 180 g/mol. The van der Waals surface area contributed by atoms with Gasteiger partial charge in [0.2, 0.25) is 5.91 Å². The summed E-state index contributed by atoms with van der Waals surface area (Å²) in [6.07, 6.45) is 1.19. The van der Waals surface area contributed by atoms with Gasteiger partial charge in [0.15, 0.2) is 0 Å². The Bertz CT molecular complexity index is 298. The first kappa shape index (κ1) is 10.2. The molecule has 4 heteroatoms. The molecule has 2 N–H and O–H groups in total. The Balaban J connectivity index is 2.27. The molecular formula is C10H12N2O2. The average Bonchev–Trinajstić information content (AvgIpc) is 2.25. The van der Waals surface area contributed by atoms with Crippen LogP contribution in [-0.4, -0.2) is 12.2 Å². The highest BCUT2D eigenvalue weighted by Crippen LogP contribution is 2.02. The van der Waals surface area contributed by atoms with E-state index in [0.717, 1.165) is 12.0 Å². The minimum absolute atomic E-state index is 0.194. The maximum Gasteiger partial charge on any atom is 0.238 e. The molecule has 0 fully saturated rings. The predicted molar refractivity (Wildman–Crippen MR) is 53.5 cm³/mol. The first-order chi connectivity index (χ1) is 6.83. The number of anilines is 1. The molecule has 14 heavy (non-hydrogen) atoms. The molecule has 0 heterocycles. The molecule has 74 valence electrons. The number of rotatable bonds is 5. The maximum atomic E-state index is 11.0. The zero-order chi connectivity index (χ0) is 10.2. The average molecular weight is 192 g/mol. The molecule has 0 bridgehead atoms. The normalized spacial score (nSPS) is 9.14. The Hall–Kier alpha value is -1.84. The molecule has 0 spiro atoms. The summed E-state index contributed by atoms with van der Waals surface area (Å²) in [5.74, 6) is -0.194. The second-order valence-electron chi connectivity index (χ2n) is 2.74. The third-order valence-electron chi connectivity index (χ3n) is 1.61. The third kappa shape index (κ3) is 3.71. The lowest BCUT2D eigenvalue weighted by atomic mass is 10.3. The summed E-state index contributed by atoms with van der Waals surface area (Å²) in [5.41, 5.74) is 6.04. The molecule has 0 saturated heterocycles. The number of benzene rings is 1. The van der Waals surface area contributed by atoms with Crippen LogP contribution in [-0.2, 0) is 9.59 Å². The van der Waals surface area contributed by atoms with Gasteiger partial charge in [0.05, 0.1) is 5.69 Å². The highest BCUT2D eigenvalue weighted by atomic mass is 16.2. The van der Waals surface area contributed by atoms with Crippen molar-refractivity contribution in [2.45, 2.75) is 12.8 Å². The fraction of sp³-hybridized carbons (Fsp3) is 0.200. The molecule has 0 aliphatic carbocycles. The molecule has 0 saturated carbocycles. The zero-order valence-corrected chi connectivity index (χ0v) is 7.69. The number of hydrogen-bond donors (Lipinski definition) is 2. The van der Waals surface area contributed by atoms with Gasteiger partial charge in [-0.15, -0.1) is 0 Å². The molecule has 1 aromatic carbocycles. The number of hydrazine groups is 1. The van der Waals surface area contributed by atoms with Crippen molar-refractivity contribution in [2.75, 3.05) is 5.43 Å². The fourth-order valence-electron chi connectivity index (χ4n) is 0.916. The summed E-state index contributed by atoms with van der Waals surface area (Å²) in [6, 6.07) is 9.28. The topological polar surface area (TPSA) is 58.2 Å². The van der Waals surface area contributed by atoms with Gasteiger partial charge in [0.25, 0.3) is 0 Å². The van der Waals surface area contributed by atoms with Crippen LogP contribution in [0.4, 0.5) is 5.69 Å². The van der Waals surface area contributed by atoms with Gasteiger partial charge in [-0.3, -0.25) is 15.6 Å². The van der Waals surface area contributed by atoms with E-state index in [0.29, 0.717) is 0 Å². The lowest BCUT2D eigenvalue weighted by molar-refractivity contribution is -0.122. The minimum atomic E-state index is -0.194. The Labute approximate surface area is 82.3 Å². The Morgan fingerprint density at radius 2 is 2.00 bits per heavy atom. The lowest BCUT2D eigenvalue weighted by Crippen LogP contribution is -2.28. The van der Waals surface area contributed by atoms with E-state index in [1.54, 1.807) is 0 Å². The van der Waals surface area contributed by atoms with Crippen LogP contribution in [0.25, 0.3) is 0 Å². The molecule has 0 unspecified atom stereocenters. The van der Waals surface area contributed by atoms with Gasteiger partial charge in [0, 0.05) is 12.8 Å². The van der Waals surface area contributed by atoms with Crippen LogP contribution in [0.2, 0.25) is 0 Å². The summed E-state index contributed by atoms with van der Waals surface area (Å²) in [7, 11) is 0. The van der Waals surface area contributed by atoms with Crippen molar-refractivity contribution in [3.8, 4) is 0 Å². The van der Waals surface area contributed by atoms with Crippen molar-refractivity contribution in [2.24, 2.45) is 0 Å². The van der Waals surface area contributed by atoms with E-state index in [2.05, 4.69) is 10.9 Å². The number of amides is 1. The maximum absolute atomic E-state index is 11.0. The Morgan fingerprint density at radius 1 is 1.29 bits per heavy atom. The van der Waals surface area contributed by atoms with E-state index in [-0.39, 0.29) is 18.7 Å². The summed E-state index contributed by atoms with van der Waals surface area (Å²) in [6.45, 7) is 0. The number of aldehydes is 1. The molecule has 1 rings (SSSR count). The molecule has 0 aliphatic rings. The van der Waals surface area contributed by atoms with Crippen LogP contribution in [0.1, 0.15) is 12.8 Å². The number of carbonyl (C=O) groups is 2. The van der Waals surface area contributed by atoms with Gasteiger partial charge in [-0.1, -0.05) is 18.2 Å². The molecule has 0 atom stereocenters. The quantitative estimate of drug-likeness (QED) is 0.542. The van der Waals surface area contributed by atoms with Crippen molar-refractivity contribution in [1.29, 1.82) is 0 Å². The molecule has 1 aromatic rings. The van der Waals surface area contributed by atoms with Crippen LogP contribution in [0.15, 0.2) is 30.3 Å². The highest BCUT2D eigenvalue weighted by molar-refractivity contribution is 5.79. The van der Waals surface area contributed by atoms with Gasteiger partial charge in [0.1, 0.15) is 6.29 Å². The third-order valence-corrected chi connectivity index (χ3v) is 1.61. The largest absolute Gasteiger partial charge is 0.303 e. The summed E-state index contributed by atoms with van der Waals surface area (Å²) >= 11 is 0. The molecule has 0 aromatic heterocycles. The fourth-order valence-corrected chi connectivity index (χ4v) is 0.916. The molecule has 0 radical (unpaired) electrons. The van der Waals surface area contributed by atoms with Gasteiger partial charge < -0.3 is 4.79 Å². The van der Waals surface area contributed by atoms with Crippen LogP contribution < -0.4 is 10.9 Å². The molecule has 1 amide bonds. The predicted octanol–water partition coefficient (Wildman–Crippen LogP) is 1.11. The minimum Gasteiger partial charge on any atom is -0.303 e. The van der Waals surface area contributed by atoms with Crippen molar-refractivity contribution in [3.05, 3.63) is 30.3 Å². The van der Waals surface area contributed by atoms with Gasteiger partial charge in [-0.25, -0.2) is 0 Å². The van der Waals surface area contributed by atoms with Crippen molar-refractivity contribution < 1.29 is 9.59 Å². The van der Waals surface area contributed by atoms with Gasteiger partial charge in [-0.05, 0) is 12.1 Å². The van der Waals surface area contributed by atoms with E-state index in [1.165, 1.54) is 0 Å². The number of para-hydroxylation sites is 1. The van der Waals surface area contributed by atoms with Crippen LogP contribution >= 0.6 is 0 Å². The number of hydrogen-bond acceptors (Lipinski definition) is 3. The summed E-state index contributed by atoms with van der Waals surface area (Å²) in [5, 5.41) is 0. The SMILES string of the molecule is O=CCCC(=O)NNc1ccccc1. The first-order valence-corrected chi connectivity index (χ1v) is 4.36. The van der Waals surface area contributed by atoms with Crippen LogP contribution in [0.5, 0.6) is 0 Å². The Kier molecular flexibility index (Phi) is 4.20. The van der Waals surface area contributed by atoms with Crippen LogP contribution in [0.3, 0.4) is 0 Å². The summed E-state index contributed by atoms with van der Waals surface area (Å²) < 4.78 is 0. The van der Waals surface area contributed by atoms with E-state index < -0.39 is 0 Å². The molecule has 4 nitrogen and oxygen atoms in total. The van der Waals surface area contributed by atoms with E-state index >= 15 is 0 Å². The van der Waals surface area contributed by atoms with E-state index in [9.17, 15) is 9.59 Å². The number of nitrogens with one attached hydrogen (secondary N) is 2. The van der Waals surface area contributed by atoms with Gasteiger partial charge in [-0.2, -0.15) is 0 Å². The van der Waals surface area contributed by atoms with Crippen molar-refractivity contribution in [1.82, 2.24) is 5.43 Å². The monoisotopic (exact) mass is 192 g/mol. The van der Waals surface area contributed by atoms with Crippen LogP contribution in [0, 0.1) is 0 Å². The highest BCUT2D eigenvalue weighted by Gasteiger charge is 1.98. The van der Waals surface area contributed by atoms with Crippen molar-refractivity contribution in [3.63, 3.8) is 0 Å². The standard InChI is InChI=1S/C10H12N2O2/c13-8-4-7-10(14)12-11-9-5-2-1-3-6-9/h1-3,5-6,8,11H,4,7H2,(H,12,14).